The number of likely N-dealkylation sites (tertiary alicyclic amines) is 1. The van der Waals surface area contributed by atoms with E-state index in [0.29, 0.717) is 29.5 Å². The summed E-state index contributed by atoms with van der Waals surface area (Å²) in [7, 11) is 0. The summed E-state index contributed by atoms with van der Waals surface area (Å²) in [5, 5.41) is 13.7. The van der Waals surface area contributed by atoms with Gasteiger partial charge in [-0.25, -0.2) is 0 Å². The first kappa shape index (κ1) is 19.4. The SMILES string of the molecule is Cc1ccc(-n2nccn2)c(C(=O)N2CCCC2c2nc(-c3cccc4cc[nH]c34)no2)c1. The van der Waals surface area contributed by atoms with Gasteiger partial charge in [0.15, 0.2) is 0 Å². The van der Waals surface area contributed by atoms with Gasteiger partial charge >= 0.3 is 0 Å². The number of carbonyl (C=O) groups excluding carboxylic acids is 1. The summed E-state index contributed by atoms with van der Waals surface area (Å²) in [6, 6.07) is 13.4. The normalized spacial score (nSPS) is 16.0. The van der Waals surface area contributed by atoms with Crippen LogP contribution in [-0.2, 0) is 0 Å². The Labute approximate surface area is 189 Å². The summed E-state index contributed by atoms with van der Waals surface area (Å²) in [4.78, 5) is 24.9. The van der Waals surface area contributed by atoms with Crippen LogP contribution in [0.5, 0.6) is 0 Å². The summed E-state index contributed by atoms with van der Waals surface area (Å²) in [6.07, 6.45) is 6.71. The minimum atomic E-state index is -0.277. The topological polar surface area (TPSA) is 106 Å². The number of aromatic amines is 1. The van der Waals surface area contributed by atoms with Crippen molar-refractivity contribution in [3.05, 3.63) is 78.1 Å². The van der Waals surface area contributed by atoms with E-state index >= 15 is 0 Å². The monoisotopic (exact) mass is 439 g/mol. The van der Waals surface area contributed by atoms with Crippen LogP contribution in [-0.4, -0.2) is 47.5 Å². The van der Waals surface area contributed by atoms with E-state index in [1.165, 1.54) is 4.80 Å². The first-order chi connectivity index (χ1) is 16.2. The maximum absolute atomic E-state index is 13.7. The zero-order chi connectivity index (χ0) is 22.4. The zero-order valence-electron chi connectivity index (χ0n) is 18.0. The average Bonchev–Trinajstić information content (AvgIpc) is 3.63. The highest BCUT2D eigenvalue weighted by Gasteiger charge is 2.36. The highest BCUT2D eigenvalue weighted by atomic mass is 16.5. The second-order valence-electron chi connectivity index (χ2n) is 8.20. The van der Waals surface area contributed by atoms with E-state index in [2.05, 4.69) is 25.3 Å². The van der Waals surface area contributed by atoms with E-state index in [1.54, 1.807) is 12.4 Å². The fourth-order valence-electron chi connectivity index (χ4n) is 4.51. The number of hydrogen-bond donors (Lipinski definition) is 1. The molecule has 2 aromatic carbocycles. The number of rotatable bonds is 4. The second kappa shape index (κ2) is 7.70. The Hall–Kier alpha value is -4.27. The third-order valence-electron chi connectivity index (χ3n) is 6.09. The molecule has 0 aliphatic carbocycles. The number of nitrogens with one attached hydrogen (secondary N) is 1. The molecule has 0 spiro atoms. The Balaban J connectivity index is 1.34. The maximum atomic E-state index is 13.7. The lowest BCUT2D eigenvalue weighted by atomic mass is 10.1. The summed E-state index contributed by atoms with van der Waals surface area (Å²) in [6.45, 7) is 2.58. The van der Waals surface area contributed by atoms with Crippen LogP contribution in [0.3, 0.4) is 0 Å². The van der Waals surface area contributed by atoms with E-state index in [0.717, 1.165) is 34.9 Å². The van der Waals surface area contributed by atoms with Gasteiger partial charge in [0, 0.05) is 23.7 Å². The Morgan fingerprint density at radius 1 is 1.15 bits per heavy atom. The first-order valence-electron chi connectivity index (χ1n) is 10.9. The lowest BCUT2D eigenvalue weighted by Gasteiger charge is -2.23. The molecule has 3 aromatic heterocycles. The largest absolute Gasteiger partial charge is 0.361 e. The van der Waals surface area contributed by atoms with Crippen LogP contribution in [0, 0.1) is 6.92 Å². The van der Waals surface area contributed by atoms with Crippen LogP contribution >= 0.6 is 0 Å². The maximum Gasteiger partial charge on any atom is 0.256 e. The van der Waals surface area contributed by atoms with E-state index in [9.17, 15) is 4.79 Å². The van der Waals surface area contributed by atoms with Crippen molar-refractivity contribution in [3.8, 4) is 17.1 Å². The fourth-order valence-corrected chi connectivity index (χ4v) is 4.51. The van der Waals surface area contributed by atoms with Gasteiger partial charge in [-0.3, -0.25) is 4.79 Å². The molecule has 4 heterocycles. The van der Waals surface area contributed by atoms with Crippen molar-refractivity contribution in [2.75, 3.05) is 6.54 Å². The van der Waals surface area contributed by atoms with Crippen LogP contribution < -0.4 is 0 Å². The number of para-hydroxylation sites is 1. The van der Waals surface area contributed by atoms with Crippen molar-refractivity contribution in [1.29, 1.82) is 0 Å². The average molecular weight is 439 g/mol. The number of aryl methyl sites for hydroxylation is 1. The number of hydrogen-bond acceptors (Lipinski definition) is 6. The predicted octanol–water partition coefficient (Wildman–Crippen LogP) is 4.08. The minimum absolute atomic E-state index is 0.0975. The minimum Gasteiger partial charge on any atom is -0.361 e. The summed E-state index contributed by atoms with van der Waals surface area (Å²) < 4.78 is 5.67. The van der Waals surface area contributed by atoms with Crippen LogP contribution in [0.15, 0.2) is 65.6 Å². The molecule has 0 bridgehead atoms. The number of amides is 1. The van der Waals surface area contributed by atoms with Crippen molar-refractivity contribution in [2.45, 2.75) is 25.8 Å². The van der Waals surface area contributed by atoms with Crippen molar-refractivity contribution in [1.82, 2.24) is 35.0 Å². The molecule has 6 rings (SSSR count). The molecular formula is C24H21N7O2. The Kier molecular flexibility index (Phi) is 4.53. The standard InChI is InChI=1S/C24H21N7O2/c1-15-7-8-19(31-26-11-12-27-31)18(14-15)24(32)30-13-3-6-20(30)23-28-22(29-33-23)17-5-2-4-16-9-10-25-21(16)17/h2,4-5,7-12,14,20,25H,3,6,13H2,1H3. The molecule has 0 saturated carbocycles. The first-order valence-corrected chi connectivity index (χ1v) is 10.9. The predicted molar refractivity (Wildman–Crippen MR) is 121 cm³/mol. The van der Waals surface area contributed by atoms with E-state index in [1.807, 2.05) is 60.5 Å². The van der Waals surface area contributed by atoms with Gasteiger partial charge in [-0.2, -0.15) is 20.0 Å². The zero-order valence-corrected chi connectivity index (χ0v) is 18.0. The summed E-state index contributed by atoms with van der Waals surface area (Å²) >= 11 is 0. The molecule has 9 nitrogen and oxygen atoms in total. The van der Waals surface area contributed by atoms with Crippen molar-refractivity contribution < 1.29 is 9.32 Å². The molecule has 1 aliphatic rings. The Morgan fingerprint density at radius 3 is 2.91 bits per heavy atom. The highest BCUT2D eigenvalue weighted by Crippen LogP contribution is 2.35. The van der Waals surface area contributed by atoms with Gasteiger partial charge in [-0.1, -0.05) is 28.9 Å². The van der Waals surface area contributed by atoms with Crippen LogP contribution in [0.4, 0.5) is 0 Å². The lowest BCUT2D eigenvalue weighted by molar-refractivity contribution is 0.0709. The molecule has 1 fully saturated rings. The number of benzene rings is 2. The molecule has 1 unspecified atom stereocenters. The van der Waals surface area contributed by atoms with Crippen molar-refractivity contribution in [3.63, 3.8) is 0 Å². The molecule has 1 saturated heterocycles. The highest BCUT2D eigenvalue weighted by molar-refractivity contribution is 5.98. The van der Waals surface area contributed by atoms with Crippen molar-refractivity contribution >= 4 is 16.8 Å². The fraction of sp³-hybridized carbons (Fsp3) is 0.208. The van der Waals surface area contributed by atoms with Gasteiger partial charge in [-0.05, 0) is 44.0 Å². The Morgan fingerprint density at radius 2 is 2.03 bits per heavy atom. The lowest BCUT2D eigenvalue weighted by Crippen LogP contribution is -2.31. The molecule has 1 N–H and O–H groups in total. The summed E-state index contributed by atoms with van der Waals surface area (Å²) in [5.41, 5.74) is 4.01. The molecule has 164 valence electrons. The van der Waals surface area contributed by atoms with Crippen LogP contribution in [0.2, 0.25) is 0 Å². The number of carbonyl (C=O) groups is 1. The number of H-pyrrole nitrogens is 1. The number of nitrogens with zero attached hydrogens (tertiary/aromatic N) is 6. The van der Waals surface area contributed by atoms with E-state index in [4.69, 9.17) is 4.52 Å². The van der Waals surface area contributed by atoms with E-state index in [-0.39, 0.29) is 11.9 Å². The number of fused-ring (bicyclic) bond motifs is 1. The van der Waals surface area contributed by atoms with E-state index < -0.39 is 0 Å². The van der Waals surface area contributed by atoms with Crippen LogP contribution in [0.1, 0.15) is 40.7 Å². The molecule has 5 aromatic rings. The van der Waals surface area contributed by atoms with Crippen LogP contribution in [0.25, 0.3) is 28.0 Å². The third kappa shape index (κ3) is 3.29. The number of aromatic nitrogens is 6. The van der Waals surface area contributed by atoms with Gasteiger partial charge < -0.3 is 14.4 Å². The third-order valence-corrected chi connectivity index (χ3v) is 6.09. The van der Waals surface area contributed by atoms with Gasteiger partial charge in [-0.15, -0.1) is 0 Å². The van der Waals surface area contributed by atoms with Gasteiger partial charge in [0.2, 0.25) is 11.7 Å². The Bertz CT molecular complexity index is 1450. The summed E-state index contributed by atoms with van der Waals surface area (Å²) in [5.74, 6) is 0.861. The quantitative estimate of drug-likeness (QED) is 0.452. The molecule has 0 radical (unpaired) electrons. The van der Waals surface area contributed by atoms with Crippen molar-refractivity contribution in [2.24, 2.45) is 0 Å². The molecule has 9 heteroatoms. The van der Waals surface area contributed by atoms with Gasteiger partial charge in [0.25, 0.3) is 5.91 Å². The molecular weight excluding hydrogens is 418 g/mol. The molecule has 33 heavy (non-hydrogen) atoms. The molecule has 1 atom stereocenters. The smallest absolute Gasteiger partial charge is 0.256 e. The molecule has 1 aliphatic heterocycles. The molecule has 1 amide bonds. The second-order valence-corrected chi connectivity index (χ2v) is 8.20. The van der Waals surface area contributed by atoms with Gasteiger partial charge in [0.05, 0.1) is 29.2 Å². The van der Waals surface area contributed by atoms with Gasteiger partial charge in [0.1, 0.15) is 6.04 Å².